The second-order valence-corrected chi connectivity index (χ2v) is 6.30. The quantitative estimate of drug-likeness (QED) is 0.291. The highest BCUT2D eigenvalue weighted by Gasteiger charge is 2.14. The van der Waals surface area contributed by atoms with Crippen LogP contribution < -0.4 is 10.6 Å². The first kappa shape index (κ1) is 20.6. The van der Waals surface area contributed by atoms with E-state index in [-0.39, 0.29) is 24.0 Å². The van der Waals surface area contributed by atoms with E-state index in [0.29, 0.717) is 6.54 Å². The van der Waals surface area contributed by atoms with Crippen molar-refractivity contribution in [3.8, 4) is 0 Å². The van der Waals surface area contributed by atoms with Crippen molar-refractivity contribution in [3.63, 3.8) is 0 Å². The lowest BCUT2D eigenvalue weighted by Crippen LogP contribution is -2.39. The number of aliphatic imine (C=N–C) groups is 1. The summed E-state index contributed by atoms with van der Waals surface area (Å²) in [6.07, 6.45) is 3.81. The monoisotopic (exact) mass is 469 g/mol. The molecule has 0 fully saturated rings. The lowest BCUT2D eigenvalue weighted by atomic mass is 10.00. The van der Waals surface area contributed by atoms with E-state index in [1.807, 2.05) is 7.05 Å². The number of aryl methyl sites for hydroxylation is 1. The van der Waals surface area contributed by atoms with E-state index in [2.05, 4.69) is 54.9 Å². The third-order valence-electron chi connectivity index (χ3n) is 4.60. The van der Waals surface area contributed by atoms with Crippen LogP contribution in [0.3, 0.4) is 0 Å². The van der Waals surface area contributed by atoms with Crippen LogP contribution in [0.15, 0.2) is 35.6 Å². The summed E-state index contributed by atoms with van der Waals surface area (Å²) >= 11 is 0. The van der Waals surface area contributed by atoms with Gasteiger partial charge in [0.05, 0.1) is 6.54 Å². The Bertz CT molecular complexity index is 713. The van der Waals surface area contributed by atoms with Crippen molar-refractivity contribution >= 4 is 29.9 Å². The third-order valence-corrected chi connectivity index (χ3v) is 4.60. The number of hydrogen-bond acceptors (Lipinski definition) is 4. The molecule has 1 aromatic heterocycles. The smallest absolute Gasteiger partial charge is 0.191 e. The Labute approximate surface area is 172 Å². The van der Waals surface area contributed by atoms with Crippen molar-refractivity contribution in [2.24, 2.45) is 12.0 Å². The predicted molar refractivity (Wildman–Crippen MR) is 115 cm³/mol. The van der Waals surface area contributed by atoms with Gasteiger partial charge in [0, 0.05) is 40.3 Å². The van der Waals surface area contributed by atoms with E-state index >= 15 is 0 Å². The number of rotatable bonds is 6. The molecule has 0 unspecified atom stereocenters. The number of aromatic nitrogens is 3. The molecule has 0 bridgehead atoms. The van der Waals surface area contributed by atoms with Gasteiger partial charge in [-0.05, 0) is 24.0 Å². The Morgan fingerprint density at radius 3 is 2.77 bits per heavy atom. The molecule has 0 saturated carbocycles. The maximum atomic E-state index is 4.25. The number of halogens is 1. The van der Waals surface area contributed by atoms with Crippen molar-refractivity contribution in [3.05, 3.63) is 47.5 Å². The van der Waals surface area contributed by atoms with Gasteiger partial charge in [-0.3, -0.25) is 14.6 Å². The summed E-state index contributed by atoms with van der Waals surface area (Å²) in [5.74, 6) is 1.68. The first-order chi connectivity index (χ1) is 12.3. The van der Waals surface area contributed by atoms with Crippen LogP contribution >= 0.6 is 24.0 Å². The minimum atomic E-state index is 0. The fourth-order valence-corrected chi connectivity index (χ4v) is 3.12. The van der Waals surface area contributed by atoms with Gasteiger partial charge in [-0.25, -0.2) is 4.98 Å². The molecule has 3 rings (SSSR count). The summed E-state index contributed by atoms with van der Waals surface area (Å²) in [5, 5.41) is 10.7. The molecule has 1 aliphatic heterocycles. The minimum Gasteiger partial charge on any atom is -0.356 e. The molecule has 7 nitrogen and oxygen atoms in total. The van der Waals surface area contributed by atoms with Crippen LogP contribution in [0.2, 0.25) is 0 Å². The Morgan fingerprint density at radius 2 is 2.04 bits per heavy atom. The van der Waals surface area contributed by atoms with Crippen LogP contribution in [0, 0.1) is 0 Å². The summed E-state index contributed by atoms with van der Waals surface area (Å²) in [6, 6.07) is 8.77. The first-order valence-electron chi connectivity index (χ1n) is 8.83. The molecule has 2 heterocycles. The van der Waals surface area contributed by atoms with Crippen LogP contribution in [0.5, 0.6) is 0 Å². The molecule has 2 N–H and O–H groups in total. The molecule has 8 heteroatoms. The molecule has 0 spiro atoms. The predicted octanol–water partition coefficient (Wildman–Crippen LogP) is 1.55. The topological polar surface area (TPSA) is 70.4 Å². The van der Waals surface area contributed by atoms with Crippen LogP contribution in [0.25, 0.3) is 0 Å². The van der Waals surface area contributed by atoms with Gasteiger partial charge < -0.3 is 10.6 Å². The fourth-order valence-electron chi connectivity index (χ4n) is 3.12. The van der Waals surface area contributed by atoms with Gasteiger partial charge in [0.1, 0.15) is 12.2 Å². The summed E-state index contributed by atoms with van der Waals surface area (Å²) in [6.45, 7) is 4.82. The highest BCUT2D eigenvalue weighted by atomic mass is 127. The molecule has 0 aliphatic carbocycles. The number of nitrogens with one attached hydrogen (secondary N) is 2. The molecule has 1 aromatic carbocycles. The third kappa shape index (κ3) is 5.66. The normalized spacial score (nSPS) is 14.5. The summed E-state index contributed by atoms with van der Waals surface area (Å²) < 4.78 is 1.76. The van der Waals surface area contributed by atoms with Crippen LogP contribution in [-0.2, 0) is 26.6 Å². The SMILES string of the molecule is CN=C(NCCCN1CCc2ccccc2C1)NCc1ncnn1C.I. The summed E-state index contributed by atoms with van der Waals surface area (Å²) in [4.78, 5) is 11.0. The number of benzene rings is 1. The molecule has 0 amide bonds. The summed E-state index contributed by atoms with van der Waals surface area (Å²) in [7, 11) is 3.67. The van der Waals surface area contributed by atoms with Crippen molar-refractivity contribution in [1.82, 2.24) is 30.3 Å². The molecule has 0 radical (unpaired) electrons. The van der Waals surface area contributed by atoms with Gasteiger partial charge in [-0.1, -0.05) is 24.3 Å². The first-order valence-corrected chi connectivity index (χ1v) is 8.83. The van der Waals surface area contributed by atoms with E-state index in [9.17, 15) is 0 Å². The molecular weight excluding hydrogens is 441 g/mol. The van der Waals surface area contributed by atoms with Gasteiger partial charge in [-0.15, -0.1) is 24.0 Å². The van der Waals surface area contributed by atoms with Crippen molar-refractivity contribution < 1.29 is 0 Å². The highest BCUT2D eigenvalue weighted by Crippen LogP contribution is 2.18. The number of hydrogen-bond donors (Lipinski definition) is 2. The number of fused-ring (bicyclic) bond motifs is 1. The Balaban J connectivity index is 0.00000243. The minimum absolute atomic E-state index is 0. The van der Waals surface area contributed by atoms with E-state index in [1.54, 1.807) is 18.1 Å². The van der Waals surface area contributed by atoms with E-state index < -0.39 is 0 Å². The maximum absolute atomic E-state index is 4.25. The average Bonchev–Trinajstić information content (AvgIpc) is 3.06. The number of guanidine groups is 1. The zero-order valence-corrected chi connectivity index (χ0v) is 17.8. The Kier molecular flexibility index (Phi) is 8.30. The molecular formula is C18H28IN7. The second-order valence-electron chi connectivity index (χ2n) is 6.30. The molecule has 0 atom stereocenters. The molecule has 2 aromatic rings. The van der Waals surface area contributed by atoms with Gasteiger partial charge in [0.15, 0.2) is 5.96 Å². The Hall–Kier alpha value is -1.68. The second kappa shape index (κ2) is 10.5. The zero-order chi connectivity index (χ0) is 17.5. The van der Waals surface area contributed by atoms with Crippen LogP contribution in [0.4, 0.5) is 0 Å². The highest BCUT2D eigenvalue weighted by molar-refractivity contribution is 14.0. The van der Waals surface area contributed by atoms with Crippen molar-refractivity contribution in [2.75, 3.05) is 26.7 Å². The standard InChI is InChI=1S/C18H27N7.HI/c1-19-18(21-12-17-22-14-23-24(17)2)20-9-5-10-25-11-8-15-6-3-4-7-16(15)13-25;/h3-4,6-7,14H,5,8-13H2,1-2H3,(H2,19,20,21);1H. The van der Waals surface area contributed by atoms with Gasteiger partial charge in [0.2, 0.25) is 0 Å². The van der Waals surface area contributed by atoms with E-state index in [4.69, 9.17) is 0 Å². The largest absolute Gasteiger partial charge is 0.356 e. The molecule has 0 saturated heterocycles. The Morgan fingerprint density at radius 1 is 1.23 bits per heavy atom. The zero-order valence-electron chi connectivity index (χ0n) is 15.5. The van der Waals surface area contributed by atoms with Gasteiger partial charge in [-0.2, -0.15) is 5.10 Å². The number of nitrogens with zero attached hydrogens (tertiary/aromatic N) is 5. The average molecular weight is 469 g/mol. The van der Waals surface area contributed by atoms with Crippen molar-refractivity contribution in [2.45, 2.75) is 25.9 Å². The molecule has 1 aliphatic rings. The molecule has 26 heavy (non-hydrogen) atoms. The lowest BCUT2D eigenvalue weighted by molar-refractivity contribution is 0.251. The lowest BCUT2D eigenvalue weighted by Gasteiger charge is -2.28. The van der Waals surface area contributed by atoms with Crippen LogP contribution in [-0.4, -0.2) is 52.3 Å². The van der Waals surface area contributed by atoms with E-state index in [0.717, 1.165) is 50.8 Å². The van der Waals surface area contributed by atoms with Gasteiger partial charge >= 0.3 is 0 Å². The van der Waals surface area contributed by atoms with Crippen molar-refractivity contribution in [1.29, 1.82) is 0 Å². The van der Waals surface area contributed by atoms with Crippen LogP contribution in [0.1, 0.15) is 23.4 Å². The fraction of sp³-hybridized carbons (Fsp3) is 0.500. The maximum Gasteiger partial charge on any atom is 0.191 e. The summed E-state index contributed by atoms with van der Waals surface area (Å²) in [5.41, 5.74) is 2.98. The van der Waals surface area contributed by atoms with Gasteiger partial charge in [0.25, 0.3) is 0 Å². The van der Waals surface area contributed by atoms with E-state index in [1.165, 1.54) is 11.1 Å². The molecule has 142 valence electrons.